The van der Waals surface area contributed by atoms with Crippen LogP contribution < -0.4 is 0 Å². The Hall–Kier alpha value is -2.32. The van der Waals surface area contributed by atoms with Crippen LogP contribution in [0, 0.1) is 13.8 Å². The number of thiophene rings is 1. The molecule has 7 nitrogen and oxygen atoms in total. The highest BCUT2D eigenvalue weighted by molar-refractivity contribution is 7.13. The van der Waals surface area contributed by atoms with Gasteiger partial charge in [0.15, 0.2) is 5.78 Å². The van der Waals surface area contributed by atoms with Crippen molar-refractivity contribution in [2.75, 3.05) is 13.7 Å². The number of hydrogen-bond acceptors (Lipinski definition) is 6. The summed E-state index contributed by atoms with van der Waals surface area (Å²) in [4.78, 5) is 14.9. The van der Waals surface area contributed by atoms with Crippen LogP contribution in [0.15, 0.2) is 23.6 Å². The fourth-order valence-electron chi connectivity index (χ4n) is 2.64. The van der Waals surface area contributed by atoms with Gasteiger partial charge < -0.3 is 9.30 Å². The molecule has 0 radical (unpaired) electrons. The number of rotatable bonds is 7. The molecule has 3 aromatic heterocycles. The number of ketones is 1. The lowest BCUT2D eigenvalue weighted by Gasteiger charge is -2.08. The number of aromatic nitrogens is 5. The van der Waals surface area contributed by atoms with Gasteiger partial charge in [0.05, 0.1) is 11.5 Å². The molecule has 24 heavy (non-hydrogen) atoms. The molecule has 126 valence electrons. The third-order valence-electron chi connectivity index (χ3n) is 3.87. The second-order valence-electron chi connectivity index (χ2n) is 5.47. The summed E-state index contributed by atoms with van der Waals surface area (Å²) in [6.45, 7) is 5.35. The summed E-state index contributed by atoms with van der Waals surface area (Å²) >= 11 is 1.54. The highest BCUT2D eigenvalue weighted by Gasteiger charge is 2.17. The summed E-state index contributed by atoms with van der Waals surface area (Å²) in [5.74, 6) is 0.519. The third-order valence-corrected chi connectivity index (χ3v) is 4.74. The summed E-state index contributed by atoms with van der Waals surface area (Å²) in [5.41, 5.74) is 2.67. The van der Waals surface area contributed by atoms with Gasteiger partial charge in [-0.3, -0.25) is 4.79 Å². The predicted molar refractivity (Wildman–Crippen MR) is 91.2 cm³/mol. The van der Waals surface area contributed by atoms with Gasteiger partial charge in [-0.25, -0.2) is 0 Å². The number of hydrogen-bond donors (Lipinski definition) is 0. The van der Waals surface area contributed by atoms with E-state index in [4.69, 9.17) is 4.74 Å². The standard InChI is InChI=1S/C16H19N5O2S/c1-11-9-13(12(2)20(11)6-7-23-3)14(22)10-21-18-16(17-19-21)15-5-4-8-24-15/h4-5,8-9H,6-7,10H2,1-3H3. The van der Waals surface area contributed by atoms with Crippen LogP contribution in [0.1, 0.15) is 21.7 Å². The Bertz CT molecular complexity index is 835. The van der Waals surface area contributed by atoms with E-state index >= 15 is 0 Å². The number of aryl methyl sites for hydroxylation is 1. The highest BCUT2D eigenvalue weighted by atomic mass is 32.1. The van der Waals surface area contributed by atoms with Crippen molar-refractivity contribution in [3.8, 4) is 10.7 Å². The number of carbonyl (C=O) groups is 1. The Kier molecular flexibility index (Phi) is 4.86. The number of tetrazole rings is 1. The molecule has 0 aromatic carbocycles. The smallest absolute Gasteiger partial charge is 0.214 e. The molecule has 0 aliphatic rings. The van der Waals surface area contributed by atoms with E-state index in [9.17, 15) is 4.79 Å². The molecule has 0 aliphatic heterocycles. The van der Waals surface area contributed by atoms with E-state index in [0.717, 1.165) is 22.8 Å². The van der Waals surface area contributed by atoms with Crippen LogP contribution in [-0.2, 0) is 17.8 Å². The van der Waals surface area contributed by atoms with E-state index < -0.39 is 0 Å². The van der Waals surface area contributed by atoms with Crippen LogP contribution >= 0.6 is 11.3 Å². The minimum Gasteiger partial charge on any atom is -0.383 e. The molecular weight excluding hydrogens is 326 g/mol. The maximum atomic E-state index is 12.6. The molecule has 3 heterocycles. The number of methoxy groups -OCH3 is 1. The van der Waals surface area contributed by atoms with E-state index in [-0.39, 0.29) is 12.3 Å². The molecule has 0 fully saturated rings. The predicted octanol–water partition coefficient (Wildman–Crippen LogP) is 2.35. The topological polar surface area (TPSA) is 74.8 Å². The molecular formula is C16H19N5O2S. The summed E-state index contributed by atoms with van der Waals surface area (Å²) in [5, 5.41) is 14.2. The molecule has 8 heteroatoms. The molecule has 0 bridgehead atoms. The van der Waals surface area contributed by atoms with E-state index in [1.807, 2.05) is 37.4 Å². The maximum Gasteiger partial charge on any atom is 0.214 e. The van der Waals surface area contributed by atoms with Gasteiger partial charge in [-0.2, -0.15) is 4.80 Å². The van der Waals surface area contributed by atoms with Crippen LogP contribution in [0.4, 0.5) is 0 Å². The fourth-order valence-corrected chi connectivity index (χ4v) is 3.29. The number of ether oxygens (including phenoxy) is 1. The van der Waals surface area contributed by atoms with Gasteiger partial charge in [0, 0.05) is 30.6 Å². The average molecular weight is 345 g/mol. The highest BCUT2D eigenvalue weighted by Crippen LogP contribution is 2.20. The van der Waals surface area contributed by atoms with Crippen molar-refractivity contribution in [1.82, 2.24) is 24.8 Å². The molecule has 0 atom stereocenters. The Morgan fingerprint density at radius 2 is 2.21 bits per heavy atom. The second kappa shape index (κ2) is 7.06. The average Bonchev–Trinajstić information content (AvgIpc) is 3.27. The summed E-state index contributed by atoms with van der Waals surface area (Å²) in [7, 11) is 1.67. The lowest BCUT2D eigenvalue weighted by atomic mass is 10.1. The Labute approximate surface area is 143 Å². The zero-order chi connectivity index (χ0) is 17.1. The van der Waals surface area contributed by atoms with Crippen molar-refractivity contribution in [3.05, 3.63) is 40.5 Å². The zero-order valence-corrected chi connectivity index (χ0v) is 14.7. The number of nitrogens with zero attached hydrogens (tertiary/aromatic N) is 5. The van der Waals surface area contributed by atoms with Crippen LogP contribution in [-0.4, -0.2) is 44.3 Å². The zero-order valence-electron chi connectivity index (χ0n) is 13.9. The maximum absolute atomic E-state index is 12.6. The summed E-state index contributed by atoms with van der Waals surface area (Å²) in [6.07, 6.45) is 0. The van der Waals surface area contributed by atoms with E-state index in [1.54, 1.807) is 18.4 Å². The summed E-state index contributed by atoms with van der Waals surface area (Å²) < 4.78 is 7.21. The summed E-state index contributed by atoms with van der Waals surface area (Å²) in [6, 6.07) is 5.77. The minimum atomic E-state index is -0.0260. The first-order valence-corrected chi connectivity index (χ1v) is 8.48. The molecule has 0 aliphatic carbocycles. The normalized spacial score (nSPS) is 11.1. The van der Waals surface area contributed by atoms with Gasteiger partial charge in [-0.1, -0.05) is 6.07 Å². The SMILES string of the molecule is COCCn1c(C)cc(C(=O)Cn2nnc(-c3cccs3)n2)c1C. The number of carbonyl (C=O) groups excluding carboxylic acids is 1. The molecule has 0 amide bonds. The van der Waals surface area contributed by atoms with Crippen LogP contribution in [0.3, 0.4) is 0 Å². The molecule has 0 saturated carbocycles. The van der Waals surface area contributed by atoms with Crippen molar-refractivity contribution in [2.24, 2.45) is 0 Å². The Morgan fingerprint density at radius 1 is 1.38 bits per heavy atom. The van der Waals surface area contributed by atoms with Crippen molar-refractivity contribution >= 4 is 17.1 Å². The van der Waals surface area contributed by atoms with Gasteiger partial charge in [-0.05, 0) is 36.6 Å². The lowest BCUT2D eigenvalue weighted by molar-refractivity contribution is 0.0960. The Morgan fingerprint density at radius 3 is 2.92 bits per heavy atom. The molecule has 0 N–H and O–H groups in total. The third kappa shape index (κ3) is 3.29. The Balaban J connectivity index is 1.76. The van der Waals surface area contributed by atoms with Crippen molar-refractivity contribution in [2.45, 2.75) is 26.9 Å². The van der Waals surface area contributed by atoms with Crippen molar-refractivity contribution in [3.63, 3.8) is 0 Å². The molecule has 3 rings (SSSR count). The van der Waals surface area contributed by atoms with Gasteiger partial charge in [0.25, 0.3) is 0 Å². The molecule has 0 spiro atoms. The van der Waals surface area contributed by atoms with E-state index in [1.165, 1.54) is 4.80 Å². The quantitative estimate of drug-likeness (QED) is 0.615. The minimum absolute atomic E-state index is 0.0260. The van der Waals surface area contributed by atoms with Gasteiger partial charge >= 0.3 is 0 Å². The first kappa shape index (κ1) is 16.5. The van der Waals surface area contributed by atoms with Crippen molar-refractivity contribution < 1.29 is 9.53 Å². The molecule has 0 unspecified atom stereocenters. The van der Waals surface area contributed by atoms with E-state index in [2.05, 4.69) is 20.0 Å². The van der Waals surface area contributed by atoms with E-state index in [0.29, 0.717) is 18.0 Å². The van der Waals surface area contributed by atoms with Gasteiger partial charge in [0.1, 0.15) is 6.54 Å². The van der Waals surface area contributed by atoms with Gasteiger partial charge in [-0.15, -0.1) is 21.5 Å². The monoisotopic (exact) mass is 345 g/mol. The van der Waals surface area contributed by atoms with Crippen LogP contribution in [0.25, 0.3) is 10.7 Å². The molecule has 3 aromatic rings. The van der Waals surface area contributed by atoms with Crippen LogP contribution in [0.2, 0.25) is 0 Å². The second-order valence-corrected chi connectivity index (χ2v) is 6.42. The molecule has 0 saturated heterocycles. The first-order valence-electron chi connectivity index (χ1n) is 7.60. The number of Topliss-reactive ketones (excluding diaryl/α,β-unsaturated/α-hetero) is 1. The first-order chi connectivity index (χ1) is 11.6. The lowest BCUT2D eigenvalue weighted by Crippen LogP contribution is -2.14. The van der Waals surface area contributed by atoms with Crippen molar-refractivity contribution in [1.29, 1.82) is 0 Å². The largest absolute Gasteiger partial charge is 0.383 e. The van der Waals surface area contributed by atoms with Crippen LogP contribution in [0.5, 0.6) is 0 Å². The fraction of sp³-hybridized carbons (Fsp3) is 0.375. The van der Waals surface area contributed by atoms with Gasteiger partial charge in [0.2, 0.25) is 5.82 Å².